The van der Waals surface area contributed by atoms with Crippen molar-refractivity contribution in [2.45, 2.75) is 63.6 Å². The number of piperazine rings is 1. The van der Waals surface area contributed by atoms with Crippen LogP contribution >= 0.6 is 30.3 Å². The van der Waals surface area contributed by atoms with Crippen LogP contribution in [-0.4, -0.2) is 121 Å². The topological polar surface area (TPSA) is 152 Å². The number of ether oxygens (including phenoxy) is 1. The maximum absolute atomic E-state index is 13.3. The van der Waals surface area contributed by atoms with Crippen LogP contribution in [0.25, 0.3) is 0 Å². The standard InChI is InChI=1S/C47H54Cl2N9O5P/c1-63-40-28-33(14-16-37(40)52-47-50-29-36(49)44(54-47)51-38-11-7-8-12-41(38)64(2,3)62)56-22-19-32(20-23-56)57-26-24-55(25-27-57)21-9-5-4-6-10-31-13-15-35(48)43-34(31)30-58(46(43)61)39-17-18-42(59)53-45(39)60/h7-8,11-16,28-29,32,39H,4-5,9,17-27,30H2,1-3H3,(H,53,59,60)(H2,50,51,52,54). The lowest BCUT2D eigenvalue weighted by Gasteiger charge is -2.43. The Bertz CT molecular complexity index is 2530. The third kappa shape index (κ3) is 10.4. The fourth-order valence-corrected chi connectivity index (χ4v) is 10.6. The van der Waals surface area contributed by atoms with Crippen LogP contribution in [0.5, 0.6) is 5.75 Å². The largest absolute Gasteiger partial charge is 0.494 e. The molecule has 3 aromatic carbocycles. The van der Waals surface area contributed by atoms with Crippen LogP contribution in [-0.2, 0) is 20.7 Å². The van der Waals surface area contributed by atoms with Crippen LogP contribution in [0.15, 0.2) is 60.8 Å². The average molecular weight is 927 g/mol. The molecule has 3 saturated heterocycles. The van der Waals surface area contributed by atoms with E-state index in [0.717, 1.165) is 106 Å². The van der Waals surface area contributed by atoms with E-state index >= 15 is 0 Å². The van der Waals surface area contributed by atoms with Crippen molar-refractivity contribution in [2.75, 3.05) is 81.8 Å². The number of nitrogens with zero attached hydrogens (tertiary/aromatic N) is 6. The molecule has 14 nitrogen and oxygen atoms in total. The number of anilines is 5. The first-order chi connectivity index (χ1) is 30.9. The number of aromatic nitrogens is 2. The number of unbranched alkanes of at least 4 members (excludes halogenated alkanes) is 2. The van der Waals surface area contributed by atoms with Gasteiger partial charge >= 0.3 is 0 Å². The number of amides is 3. The molecule has 17 heteroatoms. The van der Waals surface area contributed by atoms with E-state index in [2.05, 4.69) is 64.6 Å². The van der Waals surface area contributed by atoms with E-state index < -0.39 is 19.1 Å². The average Bonchev–Trinajstić information content (AvgIpc) is 3.64. The van der Waals surface area contributed by atoms with E-state index in [9.17, 15) is 18.9 Å². The molecule has 0 saturated carbocycles. The van der Waals surface area contributed by atoms with Crippen molar-refractivity contribution >= 4 is 82.2 Å². The first-order valence-electron chi connectivity index (χ1n) is 21.9. The fraction of sp³-hybridized carbons (Fsp3) is 0.426. The summed E-state index contributed by atoms with van der Waals surface area (Å²) in [5, 5.41) is 10.3. The lowest BCUT2D eigenvalue weighted by Crippen LogP contribution is -2.53. The summed E-state index contributed by atoms with van der Waals surface area (Å²) in [7, 11) is -0.890. The molecule has 3 amide bonds. The Morgan fingerprint density at radius 3 is 2.44 bits per heavy atom. The van der Waals surface area contributed by atoms with Crippen molar-refractivity contribution in [1.82, 2.24) is 30.0 Å². The zero-order valence-corrected chi connectivity index (χ0v) is 38.9. The number of hydrogen-bond acceptors (Lipinski definition) is 12. The first-order valence-corrected chi connectivity index (χ1v) is 25.3. The van der Waals surface area contributed by atoms with Gasteiger partial charge < -0.3 is 34.6 Å². The number of halogens is 2. The van der Waals surface area contributed by atoms with Gasteiger partial charge in [-0.15, -0.1) is 0 Å². The second-order valence-corrected chi connectivity index (χ2v) is 21.1. The molecule has 4 aliphatic rings. The highest BCUT2D eigenvalue weighted by Gasteiger charge is 2.41. The molecule has 336 valence electrons. The van der Waals surface area contributed by atoms with Crippen LogP contribution in [0.2, 0.25) is 10.0 Å². The Kier molecular flexibility index (Phi) is 14.1. The third-order valence-corrected chi connectivity index (χ3v) is 14.7. The van der Waals surface area contributed by atoms with Crippen LogP contribution in [0.1, 0.15) is 66.4 Å². The molecular weight excluding hydrogens is 872 g/mol. The molecule has 4 aromatic rings. The number of imide groups is 1. The summed E-state index contributed by atoms with van der Waals surface area (Å²) in [6.07, 6.45) is 7.04. The van der Waals surface area contributed by atoms with Gasteiger partial charge in [0.05, 0.1) is 35.3 Å². The maximum Gasteiger partial charge on any atom is 0.256 e. The van der Waals surface area contributed by atoms with Gasteiger partial charge in [0.2, 0.25) is 17.8 Å². The highest BCUT2D eigenvalue weighted by Crippen LogP contribution is 2.39. The van der Waals surface area contributed by atoms with Gasteiger partial charge in [0.25, 0.3) is 5.91 Å². The molecule has 0 bridgehead atoms. The Hall–Kier alpha value is -5.16. The number of benzene rings is 3. The summed E-state index contributed by atoms with van der Waals surface area (Å²) < 4.78 is 18.7. The number of piperidine rings is 2. The summed E-state index contributed by atoms with van der Waals surface area (Å²) in [4.78, 5) is 55.6. The van der Waals surface area contributed by atoms with E-state index in [-0.39, 0.29) is 24.8 Å². The van der Waals surface area contributed by atoms with Gasteiger partial charge in [0, 0.05) is 92.9 Å². The summed E-state index contributed by atoms with van der Waals surface area (Å²) in [5.41, 5.74) is 4.45. The van der Waals surface area contributed by atoms with Crippen LogP contribution in [0.3, 0.4) is 0 Å². The molecular formula is C47H54Cl2N9O5P. The summed E-state index contributed by atoms with van der Waals surface area (Å²) in [6.45, 7) is 11.0. The first kappa shape index (κ1) is 45.4. The molecule has 0 radical (unpaired) electrons. The van der Waals surface area contributed by atoms with Crippen molar-refractivity contribution in [3.8, 4) is 17.6 Å². The molecule has 0 spiro atoms. The molecule has 8 rings (SSSR count). The second kappa shape index (κ2) is 19.9. The molecule has 5 heterocycles. The van der Waals surface area contributed by atoms with Crippen molar-refractivity contribution in [1.29, 1.82) is 0 Å². The van der Waals surface area contributed by atoms with Crippen LogP contribution in [0, 0.1) is 11.8 Å². The van der Waals surface area contributed by atoms with Crippen molar-refractivity contribution in [3.05, 3.63) is 87.5 Å². The Morgan fingerprint density at radius 1 is 0.906 bits per heavy atom. The number of carbonyl (C=O) groups excluding carboxylic acids is 3. The minimum absolute atomic E-state index is 0.203. The number of methoxy groups -OCH3 is 1. The Balaban J connectivity index is 0.769. The Morgan fingerprint density at radius 2 is 1.69 bits per heavy atom. The normalized spacial score (nSPS) is 18.6. The molecule has 1 atom stereocenters. The molecule has 1 aromatic heterocycles. The molecule has 3 fully saturated rings. The van der Waals surface area contributed by atoms with Gasteiger partial charge in [0.15, 0.2) is 5.82 Å². The summed E-state index contributed by atoms with van der Waals surface area (Å²) in [6, 6.07) is 17.0. The number of nitrogens with one attached hydrogen (secondary N) is 3. The van der Waals surface area contributed by atoms with Gasteiger partial charge in [-0.1, -0.05) is 47.2 Å². The van der Waals surface area contributed by atoms with Gasteiger partial charge in [-0.05, 0) is 88.4 Å². The highest BCUT2D eigenvalue weighted by molar-refractivity contribution is 7.70. The minimum Gasteiger partial charge on any atom is -0.494 e. The zero-order valence-electron chi connectivity index (χ0n) is 36.5. The van der Waals surface area contributed by atoms with Gasteiger partial charge in [0.1, 0.15) is 24.0 Å². The quantitative estimate of drug-likeness (QED) is 0.0543. The zero-order chi connectivity index (χ0) is 45.0. The van der Waals surface area contributed by atoms with Crippen LogP contribution < -0.4 is 30.9 Å². The molecule has 64 heavy (non-hydrogen) atoms. The Labute approximate surface area is 384 Å². The summed E-state index contributed by atoms with van der Waals surface area (Å²) >= 11 is 12.9. The predicted molar refractivity (Wildman–Crippen MR) is 254 cm³/mol. The smallest absolute Gasteiger partial charge is 0.256 e. The number of hydrogen-bond donors (Lipinski definition) is 3. The molecule has 3 N–H and O–H groups in total. The SMILES string of the molecule is COc1cc(N2CCC(N3CCN(CCCCC#Cc4ccc(Cl)c5c4CN(C4CCC(=O)NC4=O)C5=O)CC3)CC2)ccc1Nc1ncc(Cl)c(Nc2ccccc2P(C)(C)=O)n1. The van der Waals surface area contributed by atoms with E-state index in [4.69, 9.17) is 27.9 Å². The van der Waals surface area contributed by atoms with Gasteiger partial charge in [-0.25, -0.2) is 4.98 Å². The second-order valence-electron chi connectivity index (χ2n) is 17.1. The van der Waals surface area contributed by atoms with E-state index in [1.807, 2.05) is 36.4 Å². The van der Waals surface area contributed by atoms with Gasteiger partial charge in [-0.2, -0.15) is 4.98 Å². The third-order valence-electron chi connectivity index (χ3n) is 12.6. The maximum atomic E-state index is 13.3. The number of carbonyl (C=O) groups is 3. The van der Waals surface area contributed by atoms with Crippen LogP contribution in [0.4, 0.5) is 28.8 Å². The monoisotopic (exact) mass is 925 g/mol. The lowest BCUT2D eigenvalue weighted by atomic mass is 10.0. The predicted octanol–water partition coefficient (Wildman–Crippen LogP) is 7.10. The van der Waals surface area contributed by atoms with E-state index in [0.29, 0.717) is 51.3 Å². The number of rotatable bonds is 13. The van der Waals surface area contributed by atoms with Crippen molar-refractivity contribution in [2.24, 2.45) is 0 Å². The highest BCUT2D eigenvalue weighted by atomic mass is 35.5. The van der Waals surface area contributed by atoms with Crippen molar-refractivity contribution in [3.63, 3.8) is 0 Å². The fourth-order valence-electron chi connectivity index (χ4n) is 9.09. The minimum atomic E-state index is -2.55. The van der Waals surface area contributed by atoms with Gasteiger partial charge in [-0.3, -0.25) is 24.6 Å². The van der Waals surface area contributed by atoms with E-state index in [1.165, 1.54) is 11.1 Å². The van der Waals surface area contributed by atoms with E-state index in [1.54, 1.807) is 26.5 Å². The summed E-state index contributed by atoms with van der Waals surface area (Å²) in [5.74, 6) is 6.96. The lowest BCUT2D eigenvalue weighted by molar-refractivity contribution is -0.136. The molecule has 0 aliphatic carbocycles. The molecule has 4 aliphatic heterocycles. The number of para-hydroxylation sites is 1. The number of fused-ring (bicyclic) bond motifs is 1. The van der Waals surface area contributed by atoms with Crippen molar-refractivity contribution < 1.29 is 23.7 Å². The molecule has 1 unspecified atom stereocenters.